The molecule has 1 nitrogen and oxygen atoms in total. The van der Waals surface area contributed by atoms with Gasteiger partial charge in [-0.1, -0.05) is 46.3 Å². The Morgan fingerprint density at radius 2 is 1.93 bits per heavy atom. The SMILES string of the molecule is CC(=O)Cc1c(Br)ccc2ccccc12. The van der Waals surface area contributed by atoms with Gasteiger partial charge in [0.05, 0.1) is 0 Å². The molecule has 0 fully saturated rings. The molecule has 2 rings (SSSR count). The highest BCUT2D eigenvalue weighted by atomic mass is 79.9. The van der Waals surface area contributed by atoms with Gasteiger partial charge in [0.2, 0.25) is 0 Å². The van der Waals surface area contributed by atoms with Crippen LogP contribution in [0.2, 0.25) is 0 Å². The molecule has 0 saturated carbocycles. The molecule has 0 aromatic heterocycles. The van der Waals surface area contributed by atoms with Crippen molar-refractivity contribution in [3.63, 3.8) is 0 Å². The first kappa shape index (κ1) is 10.4. The van der Waals surface area contributed by atoms with Crippen molar-refractivity contribution < 1.29 is 4.79 Å². The van der Waals surface area contributed by atoms with Crippen molar-refractivity contribution in [2.24, 2.45) is 0 Å². The summed E-state index contributed by atoms with van der Waals surface area (Å²) in [6.45, 7) is 1.62. The summed E-state index contributed by atoms with van der Waals surface area (Å²) >= 11 is 3.49. The Hall–Kier alpha value is -1.15. The molecule has 0 atom stereocenters. The summed E-state index contributed by atoms with van der Waals surface area (Å²) in [6, 6.07) is 12.2. The van der Waals surface area contributed by atoms with Crippen molar-refractivity contribution >= 4 is 32.5 Å². The van der Waals surface area contributed by atoms with Crippen LogP contribution < -0.4 is 0 Å². The van der Waals surface area contributed by atoms with E-state index in [2.05, 4.69) is 34.1 Å². The molecular weight excluding hydrogens is 252 g/mol. The number of hydrogen-bond donors (Lipinski definition) is 0. The number of halogens is 1. The number of carbonyl (C=O) groups is 1. The lowest BCUT2D eigenvalue weighted by molar-refractivity contribution is -0.116. The Morgan fingerprint density at radius 1 is 1.20 bits per heavy atom. The third kappa shape index (κ3) is 2.10. The molecule has 0 unspecified atom stereocenters. The van der Waals surface area contributed by atoms with E-state index in [-0.39, 0.29) is 5.78 Å². The van der Waals surface area contributed by atoms with Crippen molar-refractivity contribution in [3.8, 4) is 0 Å². The van der Waals surface area contributed by atoms with Crippen molar-refractivity contribution in [1.82, 2.24) is 0 Å². The van der Waals surface area contributed by atoms with Crippen LogP contribution in [0.15, 0.2) is 40.9 Å². The van der Waals surface area contributed by atoms with Crippen LogP contribution >= 0.6 is 15.9 Å². The summed E-state index contributed by atoms with van der Waals surface area (Å²) in [7, 11) is 0. The molecule has 0 aliphatic rings. The molecule has 0 heterocycles. The molecule has 15 heavy (non-hydrogen) atoms. The Labute approximate surface area is 97.2 Å². The topological polar surface area (TPSA) is 17.1 Å². The van der Waals surface area contributed by atoms with Crippen molar-refractivity contribution in [2.45, 2.75) is 13.3 Å². The van der Waals surface area contributed by atoms with E-state index in [0.717, 1.165) is 15.4 Å². The second kappa shape index (κ2) is 4.15. The van der Waals surface area contributed by atoms with E-state index in [4.69, 9.17) is 0 Å². The van der Waals surface area contributed by atoms with E-state index in [1.165, 1.54) is 5.39 Å². The quantitative estimate of drug-likeness (QED) is 0.806. The van der Waals surface area contributed by atoms with Crippen LogP contribution in [-0.4, -0.2) is 5.78 Å². The van der Waals surface area contributed by atoms with E-state index in [0.29, 0.717) is 6.42 Å². The first-order valence-electron chi connectivity index (χ1n) is 4.84. The summed E-state index contributed by atoms with van der Waals surface area (Å²) < 4.78 is 1.01. The average molecular weight is 263 g/mol. The smallest absolute Gasteiger partial charge is 0.134 e. The second-order valence-corrected chi connectivity index (χ2v) is 4.48. The third-order valence-electron chi connectivity index (χ3n) is 2.41. The summed E-state index contributed by atoms with van der Waals surface area (Å²) in [4.78, 5) is 11.2. The van der Waals surface area contributed by atoms with Gasteiger partial charge >= 0.3 is 0 Å². The normalized spacial score (nSPS) is 10.5. The van der Waals surface area contributed by atoms with Gasteiger partial charge in [0.15, 0.2) is 0 Å². The van der Waals surface area contributed by atoms with E-state index in [9.17, 15) is 4.79 Å². The number of rotatable bonds is 2. The van der Waals surface area contributed by atoms with Gasteiger partial charge in [-0.2, -0.15) is 0 Å². The van der Waals surface area contributed by atoms with Crippen molar-refractivity contribution in [2.75, 3.05) is 0 Å². The maximum Gasteiger partial charge on any atom is 0.134 e. The summed E-state index contributed by atoms with van der Waals surface area (Å²) in [5, 5.41) is 2.33. The maximum atomic E-state index is 11.2. The van der Waals surface area contributed by atoms with Crippen LogP contribution in [0.1, 0.15) is 12.5 Å². The van der Waals surface area contributed by atoms with Crippen LogP contribution in [-0.2, 0) is 11.2 Å². The fourth-order valence-corrected chi connectivity index (χ4v) is 2.22. The molecule has 0 spiro atoms. The van der Waals surface area contributed by atoms with E-state index >= 15 is 0 Å². The van der Waals surface area contributed by atoms with Crippen molar-refractivity contribution in [1.29, 1.82) is 0 Å². The fraction of sp³-hybridized carbons (Fsp3) is 0.154. The molecule has 2 aromatic rings. The predicted molar refractivity (Wildman–Crippen MR) is 66.0 cm³/mol. The number of ketones is 1. The Kier molecular flexibility index (Phi) is 2.87. The van der Waals surface area contributed by atoms with Gasteiger partial charge in [-0.25, -0.2) is 0 Å². The van der Waals surface area contributed by atoms with Gasteiger partial charge in [-0.15, -0.1) is 0 Å². The lowest BCUT2D eigenvalue weighted by Gasteiger charge is -2.07. The summed E-state index contributed by atoms with van der Waals surface area (Å²) in [5.41, 5.74) is 1.08. The van der Waals surface area contributed by atoms with E-state index in [1.807, 2.05) is 18.2 Å². The minimum atomic E-state index is 0.187. The van der Waals surface area contributed by atoms with E-state index in [1.54, 1.807) is 6.92 Å². The molecule has 0 aliphatic carbocycles. The molecule has 0 aliphatic heterocycles. The first-order valence-corrected chi connectivity index (χ1v) is 5.63. The van der Waals surface area contributed by atoms with Crippen molar-refractivity contribution in [3.05, 3.63) is 46.4 Å². The zero-order chi connectivity index (χ0) is 10.8. The Bertz CT molecular complexity index is 517. The highest BCUT2D eigenvalue weighted by Crippen LogP contribution is 2.26. The molecule has 2 aromatic carbocycles. The maximum absolute atomic E-state index is 11.2. The van der Waals surface area contributed by atoms with E-state index < -0.39 is 0 Å². The molecule has 0 N–H and O–H groups in total. The van der Waals surface area contributed by atoms with Gasteiger partial charge in [0, 0.05) is 10.9 Å². The number of carbonyl (C=O) groups excluding carboxylic acids is 1. The van der Waals surface area contributed by atoms with Crippen LogP contribution in [0.25, 0.3) is 10.8 Å². The average Bonchev–Trinajstić information content (AvgIpc) is 2.22. The minimum Gasteiger partial charge on any atom is -0.300 e. The minimum absolute atomic E-state index is 0.187. The van der Waals surface area contributed by atoms with Gasteiger partial charge in [0.25, 0.3) is 0 Å². The first-order chi connectivity index (χ1) is 7.18. The van der Waals surface area contributed by atoms with Crippen LogP contribution in [0, 0.1) is 0 Å². The monoisotopic (exact) mass is 262 g/mol. The zero-order valence-corrected chi connectivity index (χ0v) is 10.0. The lowest BCUT2D eigenvalue weighted by Crippen LogP contribution is -1.98. The Balaban J connectivity index is 2.68. The molecule has 0 radical (unpaired) electrons. The molecular formula is C13H11BrO. The summed E-state index contributed by atoms with van der Waals surface area (Å²) in [5.74, 6) is 0.187. The van der Waals surface area contributed by atoms with Crippen LogP contribution in [0.3, 0.4) is 0 Å². The number of Topliss-reactive ketones (excluding diaryl/α,β-unsaturated/α-hetero) is 1. The highest BCUT2D eigenvalue weighted by molar-refractivity contribution is 9.10. The molecule has 0 bridgehead atoms. The summed E-state index contributed by atoms with van der Waals surface area (Å²) in [6.07, 6.45) is 0.488. The number of benzene rings is 2. The van der Waals surface area contributed by atoms with Gasteiger partial charge in [0.1, 0.15) is 5.78 Å². The number of hydrogen-bond acceptors (Lipinski definition) is 1. The highest BCUT2D eigenvalue weighted by Gasteiger charge is 2.07. The number of fused-ring (bicyclic) bond motifs is 1. The predicted octanol–water partition coefficient (Wildman–Crippen LogP) is 3.73. The molecule has 0 saturated heterocycles. The molecule has 76 valence electrons. The Morgan fingerprint density at radius 3 is 2.67 bits per heavy atom. The largest absolute Gasteiger partial charge is 0.300 e. The third-order valence-corrected chi connectivity index (χ3v) is 3.15. The fourth-order valence-electron chi connectivity index (χ4n) is 1.74. The second-order valence-electron chi connectivity index (χ2n) is 3.63. The lowest BCUT2D eigenvalue weighted by atomic mass is 10.0. The van der Waals surface area contributed by atoms with Gasteiger partial charge in [-0.3, -0.25) is 4.79 Å². The van der Waals surface area contributed by atoms with Crippen LogP contribution in [0.5, 0.6) is 0 Å². The molecule has 0 amide bonds. The standard InChI is InChI=1S/C13H11BrO/c1-9(15)8-12-11-5-3-2-4-10(11)6-7-13(12)14/h2-7H,8H2,1H3. The van der Waals surface area contributed by atoms with Gasteiger partial charge in [-0.05, 0) is 29.3 Å². The molecule has 2 heteroatoms. The van der Waals surface area contributed by atoms with Gasteiger partial charge < -0.3 is 0 Å². The zero-order valence-electron chi connectivity index (χ0n) is 8.46. The van der Waals surface area contributed by atoms with Crippen LogP contribution in [0.4, 0.5) is 0 Å².